The molecule has 2 aromatic carbocycles. The summed E-state index contributed by atoms with van der Waals surface area (Å²) in [5, 5.41) is 7.50. The van der Waals surface area contributed by atoms with Crippen LogP contribution in [0.3, 0.4) is 0 Å². The van der Waals surface area contributed by atoms with Gasteiger partial charge in [-0.3, -0.25) is 0 Å². The maximum Gasteiger partial charge on any atom is 0.313 e. The summed E-state index contributed by atoms with van der Waals surface area (Å²) in [6.45, 7) is 0. The first kappa shape index (κ1) is 11.7. The van der Waals surface area contributed by atoms with E-state index in [0.717, 1.165) is 16.6 Å². The molecule has 0 aliphatic heterocycles. The van der Waals surface area contributed by atoms with Gasteiger partial charge in [-0.25, -0.2) is 4.98 Å². The summed E-state index contributed by atoms with van der Waals surface area (Å²) < 4.78 is 11.0. The number of hydrogen-bond donors (Lipinski definition) is 1. The van der Waals surface area contributed by atoms with Crippen LogP contribution >= 0.6 is 0 Å². The van der Waals surface area contributed by atoms with E-state index in [4.69, 9.17) is 14.6 Å². The number of anilines is 1. The van der Waals surface area contributed by atoms with Crippen molar-refractivity contribution in [2.24, 2.45) is 0 Å². The van der Waals surface area contributed by atoms with Gasteiger partial charge in [0.25, 0.3) is 0 Å². The first-order valence-corrected chi connectivity index (χ1v) is 6.35. The summed E-state index contributed by atoms with van der Waals surface area (Å²) in [5.74, 6) is 0.937. The molecule has 0 saturated carbocycles. The predicted octanol–water partition coefficient (Wildman–Crippen LogP) is 3.13. The Morgan fingerprint density at radius 3 is 2.43 bits per heavy atom. The van der Waals surface area contributed by atoms with E-state index in [2.05, 4.69) is 15.2 Å². The van der Waals surface area contributed by atoms with Crippen LogP contribution in [0.5, 0.6) is 0 Å². The molecule has 6 nitrogen and oxygen atoms in total. The maximum atomic E-state index is 5.75. The average molecular weight is 278 g/mol. The lowest BCUT2D eigenvalue weighted by Gasteiger charge is -1.92. The first-order chi connectivity index (χ1) is 10.3. The van der Waals surface area contributed by atoms with Crippen molar-refractivity contribution in [1.29, 1.82) is 0 Å². The highest BCUT2D eigenvalue weighted by atomic mass is 16.4. The number of nitrogen functional groups attached to an aromatic ring is 1. The number of nitrogens with two attached hydrogens (primary N) is 1. The summed E-state index contributed by atoms with van der Waals surface area (Å²) in [6.07, 6.45) is 0. The Morgan fingerprint density at radius 2 is 1.67 bits per heavy atom. The molecule has 102 valence electrons. The molecular weight excluding hydrogens is 268 g/mol. The Balaban J connectivity index is 1.82. The fraction of sp³-hybridized carbons (Fsp3) is 0. The van der Waals surface area contributed by atoms with E-state index in [1.54, 1.807) is 0 Å². The van der Waals surface area contributed by atoms with Crippen molar-refractivity contribution in [1.82, 2.24) is 15.2 Å². The zero-order valence-corrected chi connectivity index (χ0v) is 10.9. The minimum atomic E-state index is 0.0372. The van der Waals surface area contributed by atoms with Gasteiger partial charge >= 0.3 is 6.01 Å². The van der Waals surface area contributed by atoms with E-state index in [1.165, 1.54) is 0 Å². The number of nitrogens with zero attached hydrogens (tertiary/aromatic N) is 3. The average Bonchev–Trinajstić information content (AvgIpc) is 3.13. The SMILES string of the molecule is Nc1nnc(-c2ccc3oc(-c4ccccc4)nc3c2)o1. The first-order valence-electron chi connectivity index (χ1n) is 6.35. The standard InChI is InChI=1S/C15H10N4O2/c16-15-19-18-14(21-15)10-6-7-12-11(8-10)17-13(20-12)9-4-2-1-3-5-9/h1-8H,(H2,16,19). The highest BCUT2D eigenvalue weighted by Gasteiger charge is 2.11. The number of rotatable bonds is 2. The van der Waals surface area contributed by atoms with Crippen LogP contribution in [0.1, 0.15) is 0 Å². The van der Waals surface area contributed by atoms with Crippen molar-refractivity contribution in [2.75, 3.05) is 5.73 Å². The minimum Gasteiger partial charge on any atom is -0.436 e. The van der Waals surface area contributed by atoms with Gasteiger partial charge in [0.05, 0.1) is 0 Å². The second-order valence-electron chi connectivity index (χ2n) is 4.51. The van der Waals surface area contributed by atoms with Crippen LogP contribution in [-0.2, 0) is 0 Å². The van der Waals surface area contributed by atoms with Crippen LogP contribution in [0, 0.1) is 0 Å². The van der Waals surface area contributed by atoms with E-state index >= 15 is 0 Å². The number of hydrogen-bond acceptors (Lipinski definition) is 6. The van der Waals surface area contributed by atoms with Crippen LogP contribution in [-0.4, -0.2) is 15.2 Å². The molecule has 21 heavy (non-hydrogen) atoms. The largest absolute Gasteiger partial charge is 0.436 e. The summed E-state index contributed by atoms with van der Waals surface area (Å²) in [7, 11) is 0. The van der Waals surface area contributed by atoms with Gasteiger partial charge in [0.2, 0.25) is 11.8 Å². The zero-order valence-electron chi connectivity index (χ0n) is 10.9. The lowest BCUT2D eigenvalue weighted by molar-refractivity contribution is 0.590. The van der Waals surface area contributed by atoms with Gasteiger partial charge in [-0.15, -0.1) is 5.10 Å². The number of fused-ring (bicyclic) bond motifs is 1. The second-order valence-corrected chi connectivity index (χ2v) is 4.51. The molecule has 2 N–H and O–H groups in total. The Hall–Kier alpha value is -3.15. The molecule has 0 atom stereocenters. The lowest BCUT2D eigenvalue weighted by atomic mass is 10.2. The molecule has 0 unspecified atom stereocenters. The van der Waals surface area contributed by atoms with Crippen molar-refractivity contribution in [3.8, 4) is 22.9 Å². The topological polar surface area (TPSA) is 91.0 Å². The third-order valence-electron chi connectivity index (χ3n) is 3.10. The van der Waals surface area contributed by atoms with Gasteiger partial charge < -0.3 is 14.6 Å². The third-order valence-corrected chi connectivity index (χ3v) is 3.10. The highest BCUT2D eigenvalue weighted by Crippen LogP contribution is 2.27. The van der Waals surface area contributed by atoms with Crippen molar-refractivity contribution < 1.29 is 8.83 Å². The van der Waals surface area contributed by atoms with Crippen molar-refractivity contribution in [2.45, 2.75) is 0 Å². The Labute approximate surface area is 119 Å². The molecule has 0 saturated heterocycles. The van der Waals surface area contributed by atoms with Crippen LogP contribution in [0.15, 0.2) is 57.4 Å². The van der Waals surface area contributed by atoms with E-state index in [-0.39, 0.29) is 6.01 Å². The highest BCUT2D eigenvalue weighted by molar-refractivity contribution is 5.80. The van der Waals surface area contributed by atoms with Gasteiger partial charge in [0.1, 0.15) is 5.52 Å². The van der Waals surface area contributed by atoms with Crippen LogP contribution in [0.25, 0.3) is 34.0 Å². The minimum absolute atomic E-state index is 0.0372. The molecule has 0 spiro atoms. The van der Waals surface area contributed by atoms with E-state index < -0.39 is 0 Å². The molecular formula is C15H10N4O2. The fourth-order valence-corrected chi connectivity index (χ4v) is 2.12. The van der Waals surface area contributed by atoms with Crippen molar-refractivity contribution in [3.63, 3.8) is 0 Å². The van der Waals surface area contributed by atoms with Crippen molar-refractivity contribution in [3.05, 3.63) is 48.5 Å². The molecule has 2 heterocycles. The summed E-state index contributed by atoms with van der Waals surface area (Å²) in [6, 6.07) is 15.3. The molecule has 4 rings (SSSR count). The van der Waals surface area contributed by atoms with Gasteiger partial charge in [0.15, 0.2) is 5.58 Å². The Kier molecular flexibility index (Phi) is 2.47. The maximum absolute atomic E-state index is 5.75. The molecule has 0 fully saturated rings. The molecule has 0 radical (unpaired) electrons. The Morgan fingerprint density at radius 1 is 0.810 bits per heavy atom. The second kappa shape index (κ2) is 4.45. The van der Waals surface area contributed by atoms with Gasteiger partial charge in [-0.2, -0.15) is 0 Å². The monoisotopic (exact) mass is 278 g/mol. The quantitative estimate of drug-likeness (QED) is 0.605. The molecule has 0 aliphatic rings. The third kappa shape index (κ3) is 2.02. The van der Waals surface area contributed by atoms with Crippen LogP contribution < -0.4 is 5.73 Å². The fourth-order valence-electron chi connectivity index (χ4n) is 2.12. The van der Waals surface area contributed by atoms with Gasteiger partial charge in [-0.1, -0.05) is 23.3 Å². The molecule has 6 heteroatoms. The zero-order chi connectivity index (χ0) is 14.2. The summed E-state index contributed by atoms with van der Waals surface area (Å²) in [5.41, 5.74) is 8.54. The number of benzene rings is 2. The Bertz CT molecular complexity index is 912. The van der Waals surface area contributed by atoms with Gasteiger partial charge in [-0.05, 0) is 30.3 Å². The van der Waals surface area contributed by atoms with Crippen LogP contribution in [0.2, 0.25) is 0 Å². The smallest absolute Gasteiger partial charge is 0.313 e. The molecule has 2 aromatic heterocycles. The van der Waals surface area contributed by atoms with Crippen molar-refractivity contribution >= 4 is 17.1 Å². The number of aromatic nitrogens is 3. The summed E-state index contributed by atoms with van der Waals surface area (Å²) in [4.78, 5) is 4.49. The molecule has 0 bridgehead atoms. The van der Waals surface area contributed by atoms with E-state index in [1.807, 2.05) is 48.5 Å². The molecule has 0 amide bonds. The van der Waals surface area contributed by atoms with E-state index in [0.29, 0.717) is 17.4 Å². The number of oxazole rings is 1. The molecule has 0 aliphatic carbocycles. The normalized spacial score (nSPS) is 11.0. The van der Waals surface area contributed by atoms with Gasteiger partial charge in [0, 0.05) is 11.1 Å². The lowest BCUT2D eigenvalue weighted by Crippen LogP contribution is -1.81. The predicted molar refractivity (Wildman–Crippen MR) is 77.1 cm³/mol. The summed E-state index contributed by atoms with van der Waals surface area (Å²) >= 11 is 0. The molecule has 4 aromatic rings. The van der Waals surface area contributed by atoms with E-state index in [9.17, 15) is 0 Å². The van der Waals surface area contributed by atoms with Crippen LogP contribution in [0.4, 0.5) is 6.01 Å².